The van der Waals surface area contributed by atoms with E-state index in [1.54, 1.807) is 0 Å². The lowest BCUT2D eigenvalue weighted by molar-refractivity contribution is 0.0943. The van der Waals surface area contributed by atoms with Crippen LogP contribution in [0.25, 0.3) is 0 Å². The molecule has 18 heavy (non-hydrogen) atoms. The van der Waals surface area contributed by atoms with Gasteiger partial charge in [-0.1, -0.05) is 35.3 Å². The fourth-order valence-corrected chi connectivity index (χ4v) is 2.30. The normalized spacial score (nSPS) is 12.1. The Morgan fingerprint density at radius 1 is 1.44 bits per heavy atom. The summed E-state index contributed by atoms with van der Waals surface area (Å²) in [7, 11) is 0. The molecule has 1 aromatic rings. The van der Waals surface area contributed by atoms with Gasteiger partial charge in [0.05, 0.1) is 5.56 Å². The van der Waals surface area contributed by atoms with E-state index in [1.807, 2.05) is 0 Å². The molecule has 1 atom stereocenters. The number of amides is 1. The van der Waals surface area contributed by atoms with Crippen LogP contribution in [0.1, 0.15) is 30.1 Å². The number of para-hydroxylation sites is 1. The van der Waals surface area contributed by atoms with Crippen molar-refractivity contribution in [3.05, 3.63) is 23.8 Å². The SMILES string of the molecule is CCC(CCBr)CNC(=O)c1cccc(O)c1O. The molecule has 1 unspecified atom stereocenters. The first-order valence-electron chi connectivity index (χ1n) is 5.95. The molecule has 0 aliphatic carbocycles. The van der Waals surface area contributed by atoms with E-state index in [2.05, 4.69) is 28.2 Å². The third-order valence-electron chi connectivity index (χ3n) is 2.91. The Morgan fingerprint density at radius 2 is 2.17 bits per heavy atom. The summed E-state index contributed by atoms with van der Waals surface area (Å²) in [5, 5.41) is 22.6. The predicted octanol–water partition coefficient (Wildman–Crippen LogP) is 2.64. The summed E-state index contributed by atoms with van der Waals surface area (Å²) in [6.45, 7) is 2.64. The molecule has 0 saturated carbocycles. The van der Waals surface area contributed by atoms with Gasteiger partial charge in [-0.3, -0.25) is 4.79 Å². The zero-order valence-corrected chi connectivity index (χ0v) is 11.9. The molecule has 100 valence electrons. The number of benzene rings is 1. The van der Waals surface area contributed by atoms with Crippen LogP contribution in [0, 0.1) is 5.92 Å². The van der Waals surface area contributed by atoms with Crippen LogP contribution >= 0.6 is 15.9 Å². The molecular formula is C13H18BrNO3. The maximum Gasteiger partial charge on any atom is 0.255 e. The molecule has 0 radical (unpaired) electrons. The summed E-state index contributed by atoms with van der Waals surface area (Å²) in [4.78, 5) is 11.8. The third-order valence-corrected chi connectivity index (χ3v) is 3.36. The molecule has 1 rings (SSSR count). The number of carbonyl (C=O) groups excluding carboxylic acids is 1. The van der Waals surface area contributed by atoms with Crippen LogP contribution in [0.3, 0.4) is 0 Å². The van der Waals surface area contributed by atoms with Crippen molar-refractivity contribution < 1.29 is 15.0 Å². The van der Waals surface area contributed by atoms with Gasteiger partial charge in [0.15, 0.2) is 11.5 Å². The van der Waals surface area contributed by atoms with Gasteiger partial charge in [0.2, 0.25) is 0 Å². The van der Waals surface area contributed by atoms with Crippen LogP contribution in [0.2, 0.25) is 0 Å². The second-order valence-corrected chi connectivity index (χ2v) is 4.93. The number of phenolic OH excluding ortho intramolecular Hbond substituents is 2. The van der Waals surface area contributed by atoms with Crippen LogP contribution in [0.4, 0.5) is 0 Å². The number of phenols is 2. The van der Waals surface area contributed by atoms with E-state index in [0.29, 0.717) is 12.5 Å². The smallest absolute Gasteiger partial charge is 0.255 e. The number of rotatable bonds is 6. The number of aromatic hydroxyl groups is 2. The van der Waals surface area contributed by atoms with Crippen molar-refractivity contribution in [2.45, 2.75) is 19.8 Å². The first kappa shape index (κ1) is 14.8. The average Bonchev–Trinajstić information content (AvgIpc) is 2.37. The van der Waals surface area contributed by atoms with Crippen LogP contribution in [0.15, 0.2) is 18.2 Å². The average molecular weight is 316 g/mol. The monoisotopic (exact) mass is 315 g/mol. The zero-order valence-electron chi connectivity index (χ0n) is 10.3. The summed E-state index contributed by atoms with van der Waals surface area (Å²) in [6, 6.07) is 4.35. The van der Waals surface area contributed by atoms with E-state index < -0.39 is 0 Å². The molecule has 3 N–H and O–H groups in total. The van der Waals surface area contributed by atoms with Gasteiger partial charge < -0.3 is 15.5 Å². The zero-order chi connectivity index (χ0) is 13.5. The molecule has 1 amide bonds. The largest absolute Gasteiger partial charge is 0.504 e. The lowest BCUT2D eigenvalue weighted by Crippen LogP contribution is -2.29. The lowest BCUT2D eigenvalue weighted by atomic mass is 10.0. The molecule has 0 bridgehead atoms. The molecule has 0 heterocycles. The summed E-state index contributed by atoms with van der Waals surface area (Å²) < 4.78 is 0. The fraction of sp³-hybridized carbons (Fsp3) is 0.462. The minimum Gasteiger partial charge on any atom is -0.504 e. The standard InChI is InChI=1S/C13H18BrNO3/c1-2-9(6-7-14)8-15-13(18)10-4-3-5-11(16)12(10)17/h3-5,9,16-17H,2,6-8H2,1H3,(H,15,18). The molecule has 0 fully saturated rings. The van der Waals surface area contributed by atoms with Crippen molar-refractivity contribution in [3.63, 3.8) is 0 Å². The first-order chi connectivity index (χ1) is 8.60. The fourth-order valence-electron chi connectivity index (χ4n) is 1.65. The van der Waals surface area contributed by atoms with Crippen LogP contribution in [-0.4, -0.2) is 28.0 Å². The number of alkyl halides is 1. The highest BCUT2D eigenvalue weighted by molar-refractivity contribution is 9.09. The van der Waals surface area contributed by atoms with E-state index in [0.717, 1.165) is 18.2 Å². The number of carbonyl (C=O) groups is 1. The molecule has 0 saturated heterocycles. The van der Waals surface area contributed by atoms with Crippen LogP contribution < -0.4 is 5.32 Å². The Bertz CT molecular complexity index is 409. The van der Waals surface area contributed by atoms with Gasteiger partial charge in [-0.25, -0.2) is 0 Å². The van der Waals surface area contributed by atoms with Gasteiger partial charge in [0.1, 0.15) is 0 Å². The van der Waals surface area contributed by atoms with Crippen LogP contribution in [-0.2, 0) is 0 Å². The molecule has 5 heteroatoms. The summed E-state index contributed by atoms with van der Waals surface area (Å²) in [6.07, 6.45) is 1.97. The van der Waals surface area contributed by atoms with Gasteiger partial charge in [-0.15, -0.1) is 0 Å². The topological polar surface area (TPSA) is 69.6 Å². The quantitative estimate of drug-likeness (QED) is 0.558. The van der Waals surface area contributed by atoms with Crippen LogP contribution in [0.5, 0.6) is 11.5 Å². The van der Waals surface area contributed by atoms with Gasteiger partial charge >= 0.3 is 0 Å². The van der Waals surface area contributed by atoms with Crippen molar-refractivity contribution in [1.29, 1.82) is 0 Å². The van der Waals surface area contributed by atoms with E-state index >= 15 is 0 Å². The third kappa shape index (κ3) is 3.91. The highest BCUT2D eigenvalue weighted by Crippen LogP contribution is 2.27. The van der Waals surface area contributed by atoms with Gasteiger partial charge in [-0.2, -0.15) is 0 Å². The molecule has 0 aliphatic heterocycles. The van der Waals surface area contributed by atoms with Gasteiger partial charge in [0, 0.05) is 11.9 Å². The summed E-state index contributed by atoms with van der Waals surface area (Å²) in [5.41, 5.74) is 0.101. The molecule has 1 aromatic carbocycles. The molecule has 0 aromatic heterocycles. The number of hydrogen-bond acceptors (Lipinski definition) is 3. The Labute approximate surface area is 115 Å². The Morgan fingerprint density at radius 3 is 2.78 bits per heavy atom. The highest BCUT2D eigenvalue weighted by Gasteiger charge is 2.15. The van der Waals surface area contributed by atoms with Crippen molar-refractivity contribution >= 4 is 21.8 Å². The Hall–Kier alpha value is -1.23. The molecule has 0 spiro atoms. The van der Waals surface area contributed by atoms with E-state index in [1.165, 1.54) is 18.2 Å². The maximum absolute atomic E-state index is 11.8. The van der Waals surface area contributed by atoms with Crippen molar-refractivity contribution in [1.82, 2.24) is 5.32 Å². The molecule has 0 aliphatic rings. The van der Waals surface area contributed by atoms with Crippen molar-refractivity contribution in [2.75, 3.05) is 11.9 Å². The number of halogens is 1. The minimum atomic E-state index is -0.372. The maximum atomic E-state index is 11.8. The van der Waals surface area contributed by atoms with Gasteiger partial charge in [0.25, 0.3) is 5.91 Å². The van der Waals surface area contributed by atoms with Crippen molar-refractivity contribution in [3.8, 4) is 11.5 Å². The summed E-state index contributed by atoms with van der Waals surface area (Å²) in [5.74, 6) is -0.608. The number of nitrogens with one attached hydrogen (secondary N) is 1. The molecular weight excluding hydrogens is 298 g/mol. The minimum absolute atomic E-state index is 0.101. The first-order valence-corrected chi connectivity index (χ1v) is 7.07. The summed E-state index contributed by atoms with van der Waals surface area (Å²) >= 11 is 3.38. The predicted molar refractivity (Wildman–Crippen MR) is 74.3 cm³/mol. The van der Waals surface area contributed by atoms with Crippen molar-refractivity contribution in [2.24, 2.45) is 5.92 Å². The van der Waals surface area contributed by atoms with E-state index in [9.17, 15) is 15.0 Å². The Kier molecular flexibility index (Phi) is 5.98. The lowest BCUT2D eigenvalue weighted by Gasteiger charge is -2.14. The Balaban J connectivity index is 2.62. The molecule has 4 nitrogen and oxygen atoms in total. The second-order valence-electron chi connectivity index (χ2n) is 4.14. The second kappa shape index (κ2) is 7.26. The van der Waals surface area contributed by atoms with E-state index in [-0.39, 0.29) is 23.0 Å². The number of hydrogen-bond donors (Lipinski definition) is 3. The van der Waals surface area contributed by atoms with E-state index in [4.69, 9.17) is 0 Å². The highest BCUT2D eigenvalue weighted by atomic mass is 79.9. The van der Waals surface area contributed by atoms with Gasteiger partial charge in [-0.05, 0) is 24.5 Å².